The van der Waals surface area contributed by atoms with E-state index >= 15 is 9.59 Å². The first-order chi connectivity index (χ1) is 48.3. The van der Waals surface area contributed by atoms with Crippen LogP contribution in [0.4, 0.5) is 28.4 Å². The molecule has 5 aromatic carbocycles. The third kappa shape index (κ3) is 27.7. The molecular weight excluding hydrogens is 1310 g/mol. The van der Waals surface area contributed by atoms with Gasteiger partial charge >= 0.3 is 5.69 Å². The number of benzene rings is 5. The predicted octanol–water partition coefficient (Wildman–Crippen LogP) is 6.88. The Kier molecular flexibility index (Phi) is 38.5. The Morgan fingerprint density at radius 3 is 0.889 bits per heavy atom. The summed E-state index contributed by atoms with van der Waals surface area (Å²) in [5, 5.41) is 23.5. The molecule has 0 spiro atoms. The second-order valence-electron chi connectivity index (χ2n) is 20.2. The van der Waals surface area contributed by atoms with Crippen molar-refractivity contribution in [3.8, 4) is 51.7 Å². The average Bonchev–Trinajstić information content (AvgIpc) is 0.815. The van der Waals surface area contributed by atoms with Gasteiger partial charge in [0.05, 0.1) is 218 Å². The zero-order valence-electron chi connectivity index (χ0n) is 57.4. The Hall–Kier alpha value is -8.90. The van der Waals surface area contributed by atoms with Gasteiger partial charge in [0.2, 0.25) is 5.75 Å². The number of ether oxygens (including phenoxy) is 21. The number of nitrogens with one attached hydrogen (secondary N) is 4. The average molecular weight is 1400 g/mol. The number of nitro benzene ring substituents is 1. The molecule has 0 fully saturated rings. The normalized spacial score (nSPS) is 11.0. The van der Waals surface area contributed by atoms with E-state index < -0.39 is 34.2 Å². The van der Waals surface area contributed by atoms with Gasteiger partial charge in [-0.05, 0) is 30.3 Å². The summed E-state index contributed by atoms with van der Waals surface area (Å²) in [5.74, 6) is -3.25. The molecule has 0 saturated carbocycles. The van der Waals surface area contributed by atoms with Crippen molar-refractivity contribution in [2.24, 2.45) is 0 Å². The van der Waals surface area contributed by atoms with Gasteiger partial charge in [0.25, 0.3) is 23.6 Å². The van der Waals surface area contributed by atoms with Crippen LogP contribution in [-0.4, -0.2) is 251 Å². The molecule has 0 atom stereocenters. The largest absolute Gasteiger partial charge is 0.496 e. The van der Waals surface area contributed by atoms with Crippen LogP contribution in [0.25, 0.3) is 0 Å². The van der Waals surface area contributed by atoms with Crippen molar-refractivity contribution < 1.29 is 124 Å². The summed E-state index contributed by atoms with van der Waals surface area (Å²) in [4.78, 5) is 70.5. The van der Waals surface area contributed by atoms with Gasteiger partial charge < -0.3 is 121 Å². The lowest BCUT2D eigenvalue weighted by atomic mass is 10.1. The van der Waals surface area contributed by atoms with Gasteiger partial charge in [0.1, 0.15) is 72.4 Å². The van der Waals surface area contributed by atoms with E-state index in [-0.39, 0.29) is 184 Å². The number of amides is 4. The first-order valence-corrected chi connectivity index (χ1v) is 31.3. The van der Waals surface area contributed by atoms with E-state index in [1.807, 2.05) is 0 Å². The molecule has 5 rings (SSSR count). The highest BCUT2D eigenvalue weighted by Crippen LogP contribution is 2.41. The first kappa shape index (κ1) is 80.8. The maximum Gasteiger partial charge on any atom is 0.311 e. The maximum atomic E-state index is 15.1. The van der Waals surface area contributed by atoms with Crippen LogP contribution in [0.2, 0.25) is 0 Å². The molecule has 0 aromatic heterocycles. The lowest BCUT2D eigenvalue weighted by molar-refractivity contribution is -0.385. The standard InChI is InChI=1S/C67H91N5O27/c1-79-14-18-88-22-26-92-30-34-96-58-44-61(98-36-32-94-28-24-90-20-16-81-3)52(39-47(58)65(74)68-50-12-10-11-13-55(50)83-5)70-64(73)46-38-51(60(86-8)42-56(46)84-6)69-66(75)48-40-53(71-67(76)49-41-54(72(77)78)63(87-9)43-57(49)85-7)62(99-37-33-95-29-25-91-21-17-82-4)45-59(48)97-35-31-93-27-23-89-19-15-80-2/h10-13,38-45H,14-37H2,1-9H3,(H,68,74)(H,69,75)(H,70,73)(H,71,76). The molecule has 0 aliphatic rings. The molecule has 0 aliphatic carbocycles. The Morgan fingerprint density at radius 2 is 0.556 bits per heavy atom. The molecule has 0 saturated heterocycles. The van der Waals surface area contributed by atoms with Crippen LogP contribution in [0.5, 0.6) is 51.7 Å². The number of hydrogen-bond donors (Lipinski definition) is 4. The number of nitro groups is 1. The highest BCUT2D eigenvalue weighted by atomic mass is 16.6. The highest BCUT2D eigenvalue weighted by molar-refractivity contribution is 6.13. The fourth-order valence-corrected chi connectivity index (χ4v) is 8.73. The Bertz CT molecular complexity index is 3270. The molecule has 5 aromatic rings. The molecule has 99 heavy (non-hydrogen) atoms. The number of nitrogens with zero attached hydrogens (tertiary/aromatic N) is 1. The Balaban J connectivity index is 1.58. The number of hydrogen-bond acceptors (Lipinski definition) is 27. The van der Waals surface area contributed by atoms with Gasteiger partial charge in [-0.2, -0.15) is 0 Å². The molecule has 32 heteroatoms. The third-order valence-electron chi connectivity index (χ3n) is 13.6. The predicted molar refractivity (Wildman–Crippen MR) is 359 cm³/mol. The van der Waals surface area contributed by atoms with Gasteiger partial charge in [-0.15, -0.1) is 0 Å². The SMILES string of the molecule is COCCOCCOCCOc1cc(OCCOCCOCCOC)c(C(=O)Nc2ccccc2OC)cc1NC(=O)c1cc(NC(=O)c2cc(NC(=O)c3cc([N+](=O)[O-])c(OC)cc3OC)c(OCCOCCOCCOC)cc2OCCOCCOCCOC)c(OC)cc1OC. The van der Waals surface area contributed by atoms with Crippen LogP contribution in [0.1, 0.15) is 41.4 Å². The van der Waals surface area contributed by atoms with Gasteiger partial charge in [-0.1, -0.05) is 12.1 Å². The number of anilines is 4. The van der Waals surface area contributed by atoms with Crippen molar-refractivity contribution in [1.82, 2.24) is 0 Å². The minimum Gasteiger partial charge on any atom is -0.496 e. The topological polar surface area (TPSA) is 353 Å². The second kappa shape index (κ2) is 47.2. The van der Waals surface area contributed by atoms with Gasteiger partial charge in [0.15, 0.2) is 0 Å². The number of rotatable bonds is 54. The Morgan fingerprint density at radius 1 is 0.293 bits per heavy atom. The summed E-state index contributed by atoms with van der Waals surface area (Å²) in [6, 6.07) is 17.0. The minimum atomic E-state index is -0.922. The van der Waals surface area contributed by atoms with Crippen LogP contribution in [0.15, 0.2) is 72.8 Å². The van der Waals surface area contributed by atoms with Gasteiger partial charge in [-0.25, -0.2) is 0 Å². The highest BCUT2D eigenvalue weighted by Gasteiger charge is 2.29. The van der Waals surface area contributed by atoms with E-state index in [0.717, 1.165) is 6.07 Å². The molecule has 4 N–H and O–H groups in total. The summed E-state index contributed by atoms with van der Waals surface area (Å²) in [7, 11) is 12.8. The van der Waals surface area contributed by atoms with Gasteiger partial charge in [-0.3, -0.25) is 29.3 Å². The quantitative estimate of drug-likeness (QED) is 0.0175. The number of carbonyl (C=O) groups excluding carboxylic acids is 4. The van der Waals surface area contributed by atoms with E-state index in [2.05, 4.69) is 21.3 Å². The van der Waals surface area contributed by atoms with Crippen molar-refractivity contribution >= 4 is 52.1 Å². The van der Waals surface area contributed by atoms with Crippen LogP contribution < -0.4 is 63.9 Å². The number of methoxy groups -OCH3 is 9. The van der Waals surface area contributed by atoms with Crippen molar-refractivity contribution in [2.45, 2.75) is 0 Å². The van der Waals surface area contributed by atoms with E-state index in [4.69, 9.17) is 99.5 Å². The fourth-order valence-electron chi connectivity index (χ4n) is 8.73. The second-order valence-corrected chi connectivity index (χ2v) is 20.2. The monoisotopic (exact) mass is 1400 g/mol. The number of carbonyl (C=O) groups is 4. The summed E-state index contributed by atoms with van der Waals surface area (Å²) < 4.78 is 118. The van der Waals surface area contributed by atoms with Crippen molar-refractivity contribution in [3.05, 3.63) is 105 Å². The molecule has 0 heterocycles. The van der Waals surface area contributed by atoms with E-state index in [1.54, 1.807) is 52.7 Å². The van der Waals surface area contributed by atoms with Gasteiger partial charge in [0, 0.05) is 58.8 Å². The summed E-state index contributed by atoms with van der Waals surface area (Å²) in [5.41, 5.74) is -1.15. The summed E-state index contributed by atoms with van der Waals surface area (Å²) >= 11 is 0. The summed E-state index contributed by atoms with van der Waals surface area (Å²) in [6.07, 6.45) is 0. The van der Waals surface area contributed by atoms with Crippen LogP contribution in [-0.2, 0) is 56.8 Å². The van der Waals surface area contributed by atoms with E-state index in [0.29, 0.717) is 70.9 Å². The molecule has 0 unspecified atom stereocenters. The van der Waals surface area contributed by atoms with Crippen LogP contribution in [0.3, 0.4) is 0 Å². The first-order valence-electron chi connectivity index (χ1n) is 31.3. The fraction of sp³-hybridized carbons (Fsp3) is 0.493. The summed E-state index contributed by atoms with van der Waals surface area (Å²) in [6.45, 7) is 4.96. The lowest BCUT2D eigenvalue weighted by Crippen LogP contribution is -2.20. The van der Waals surface area contributed by atoms with Crippen LogP contribution >= 0.6 is 0 Å². The zero-order chi connectivity index (χ0) is 71.4. The van der Waals surface area contributed by atoms with Crippen molar-refractivity contribution in [3.63, 3.8) is 0 Å². The zero-order valence-corrected chi connectivity index (χ0v) is 57.4. The smallest absolute Gasteiger partial charge is 0.311 e. The number of para-hydroxylation sites is 2. The Labute approximate surface area is 574 Å². The lowest BCUT2D eigenvalue weighted by Gasteiger charge is -2.20. The van der Waals surface area contributed by atoms with Crippen molar-refractivity contribution in [2.75, 3.05) is 244 Å². The molecule has 32 nitrogen and oxygen atoms in total. The molecule has 4 amide bonds. The van der Waals surface area contributed by atoms with E-state index in [9.17, 15) is 19.7 Å². The van der Waals surface area contributed by atoms with Crippen LogP contribution in [0, 0.1) is 10.1 Å². The van der Waals surface area contributed by atoms with E-state index in [1.165, 1.54) is 78.0 Å². The molecule has 0 radical (unpaired) electrons. The maximum absolute atomic E-state index is 15.1. The van der Waals surface area contributed by atoms with Crippen molar-refractivity contribution in [1.29, 1.82) is 0 Å². The molecule has 546 valence electrons. The minimum absolute atomic E-state index is 0.0126. The molecule has 0 aliphatic heterocycles. The molecular formula is C67H91N5O27. The molecule has 0 bridgehead atoms. The third-order valence-corrected chi connectivity index (χ3v) is 13.6.